The minimum atomic E-state index is -3.56. The van der Waals surface area contributed by atoms with Crippen LogP contribution in [-0.2, 0) is 36.0 Å². The van der Waals surface area contributed by atoms with Gasteiger partial charge in [0.15, 0.2) is 5.69 Å². The highest BCUT2D eigenvalue weighted by molar-refractivity contribution is 7.89. The van der Waals surface area contributed by atoms with Gasteiger partial charge in [-0.1, -0.05) is 6.07 Å². The van der Waals surface area contributed by atoms with Crippen LogP contribution in [0.15, 0.2) is 29.2 Å². The monoisotopic (exact) mass is 388 g/mol. The molecular formula is C19H24N4O3S. The molecule has 1 amide bonds. The van der Waals surface area contributed by atoms with E-state index in [4.69, 9.17) is 0 Å². The molecule has 1 aliphatic carbocycles. The summed E-state index contributed by atoms with van der Waals surface area (Å²) in [6.45, 7) is 4.78. The fraction of sp³-hybridized carbons (Fsp3) is 0.474. The van der Waals surface area contributed by atoms with Crippen LogP contribution in [0.25, 0.3) is 0 Å². The van der Waals surface area contributed by atoms with E-state index in [1.807, 2.05) is 26.0 Å². The molecule has 0 unspecified atom stereocenters. The lowest BCUT2D eigenvalue weighted by Crippen LogP contribution is -2.38. The van der Waals surface area contributed by atoms with Crippen LogP contribution < -0.4 is 5.32 Å². The highest BCUT2D eigenvalue weighted by atomic mass is 32.2. The Morgan fingerprint density at radius 2 is 1.93 bits per heavy atom. The quantitative estimate of drug-likeness (QED) is 0.864. The van der Waals surface area contributed by atoms with Gasteiger partial charge >= 0.3 is 0 Å². The molecule has 1 aromatic carbocycles. The number of aromatic nitrogens is 2. The summed E-state index contributed by atoms with van der Waals surface area (Å²) in [4.78, 5) is 12.5. The van der Waals surface area contributed by atoms with Crippen LogP contribution in [0, 0.1) is 0 Å². The number of rotatable bonds is 4. The van der Waals surface area contributed by atoms with E-state index < -0.39 is 10.0 Å². The van der Waals surface area contributed by atoms with Crippen molar-refractivity contribution in [3.8, 4) is 0 Å². The van der Waals surface area contributed by atoms with Crippen molar-refractivity contribution >= 4 is 15.9 Å². The van der Waals surface area contributed by atoms with Gasteiger partial charge in [-0.2, -0.15) is 9.40 Å². The Balaban J connectivity index is 1.57. The number of amides is 1. The number of benzene rings is 1. The molecule has 4 rings (SSSR count). The third kappa shape index (κ3) is 3.39. The standard InChI is InChI=1S/C19H24N4O3S/c1-13(2)20-19(24)18-11-16-12-22(8-9-23(16)21-18)27(25,26)17-7-6-14-4-3-5-15(14)10-17/h6-7,10-11,13H,3-5,8-9,12H2,1-2H3,(H,20,24). The molecule has 7 nitrogen and oxygen atoms in total. The number of aryl methyl sites for hydroxylation is 2. The summed E-state index contributed by atoms with van der Waals surface area (Å²) in [6.07, 6.45) is 3.06. The number of hydrogen-bond donors (Lipinski definition) is 1. The average molecular weight is 388 g/mol. The van der Waals surface area contributed by atoms with E-state index in [9.17, 15) is 13.2 Å². The number of nitrogens with one attached hydrogen (secondary N) is 1. The van der Waals surface area contributed by atoms with Gasteiger partial charge in [-0.3, -0.25) is 9.48 Å². The molecule has 0 fully saturated rings. The van der Waals surface area contributed by atoms with E-state index in [2.05, 4.69) is 10.4 Å². The average Bonchev–Trinajstić information content (AvgIpc) is 3.26. The van der Waals surface area contributed by atoms with E-state index in [0.717, 1.165) is 30.5 Å². The first-order chi connectivity index (χ1) is 12.8. The molecule has 0 bridgehead atoms. The van der Waals surface area contributed by atoms with Crippen molar-refractivity contribution in [2.75, 3.05) is 6.54 Å². The van der Waals surface area contributed by atoms with E-state index in [0.29, 0.717) is 23.7 Å². The molecule has 0 saturated heterocycles. The molecule has 0 radical (unpaired) electrons. The van der Waals surface area contributed by atoms with E-state index >= 15 is 0 Å². The summed E-state index contributed by atoms with van der Waals surface area (Å²) in [7, 11) is -3.56. The van der Waals surface area contributed by atoms with Gasteiger partial charge in [-0.05, 0) is 62.4 Å². The second-order valence-electron chi connectivity index (χ2n) is 7.49. The maximum absolute atomic E-state index is 13.1. The molecule has 2 aromatic rings. The normalized spacial score (nSPS) is 17.0. The van der Waals surface area contributed by atoms with Gasteiger partial charge < -0.3 is 5.32 Å². The minimum Gasteiger partial charge on any atom is -0.348 e. The smallest absolute Gasteiger partial charge is 0.271 e. The summed E-state index contributed by atoms with van der Waals surface area (Å²) in [5.74, 6) is -0.236. The fourth-order valence-electron chi connectivity index (χ4n) is 3.75. The summed E-state index contributed by atoms with van der Waals surface area (Å²) in [5, 5.41) is 7.14. The van der Waals surface area contributed by atoms with Crippen molar-refractivity contribution in [3.63, 3.8) is 0 Å². The zero-order valence-electron chi connectivity index (χ0n) is 15.6. The fourth-order valence-corrected chi connectivity index (χ4v) is 5.21. The van der Waals surface area contributed by atoms with E-state index in [1.165, 1.54) is 9.87 Å². The maximum atomic E-state index is 13.1. The topological polar surface area (TPSA) is 84.3 Å². The Labute approximate surface area is 159 Å². The Kier molecular flexibility index (Phi) is 4.55. The van der Waals surface area contributed by atoms with Crippen molar-refractivity contribution < 1.29 is 13.2 Å². The number of nitrogens with zero attached hydrogens (tertiary/aromatic N) is 3. The zero-order chi connectivity index (χ0) is 19.2. The predicted molar refractivity (Wildman–Crippen MR) is 101 cm³/mol. The third-order valence-electron chi connectivity index (χ3n) is 5.12. The van der Waals surface area contributed by atoms with Crippen LogP contribution in [0.4, 0.5) is 0 Å². The van der Waals surface area contributed by atoms with Gasteiger partial charge in [-0.25, -0.2) is 8.42 Å². The second kappa shape index (κ2) is 6.76. The molecular weight excluding hydrogens is 364 g/mol. The van der Waals surface area contributed by atoms with Crippen LogP contribution in [0.1, 0.15) is 47.6 Å². The Bertz CT molecular complexity index is 994. The van der Waals surface area contributed by atoms with Crippen LogP contribution in [0.2, 0.25) is 0 Å². The highest BCUT2D eigenvalue weighted by Gasteiger charge is 2.30. The van der Waals surface area contributed by atoms with Crippen LogP contribution in [0.5, 0.6) is 0 Å². The van der Waals surface area contributed by atoms with Gasteiger partial charge in [0.05, 0.1) is 23.7 Å². The van der Waals surface area contributed by atoms with E-state index in [1.54, 1.807) is 16.8 Å². The van der Waals surface area contributed by atoms with Gasteiger partial charge in [0.2, 0.25) is 10.0 Å². The summed E-state index contributed by atoms with van der Waals surface area (Å²) < 4.78 is 29.4. The number of hydrogen-bond acceptors (Lipinski definition) is 4. The first-order valence-corrected chi connectivity index (χ1v) is 10.8. The Morgan fingerprint density at radius 1 is 1.15 bits per heavy atom. The molecule has 1 N–H and O–H groups in total. The number of fused-ring (bicyclic) bond motifs is 2. The molecule has 144 valence electrons. The molecule has 2 aliphatic rings. The molecule has 0 spiro atoms. The van der Waals surface area contributed by atoms with Crippen LogP contribution in [0.3, 0.4) is 0 Å². The Hall–Kier alpha value is -2.19. The lowest BCUT2D eigenvalue weighted by molar-refractivity contribution is 0.0937. The molecule has 0 saturated carbocycles. The first kappa shape index (κ1) is 18.2. The van der Waals surface area contributed by atoms with Crippen molar-refractivity contribution in [2.45, 2.75) is 57.1 Å². The molecule has 1 aromatic heterocycles. The molecule has 2 heterocycles. The van der Waals surface area contributed by atoms with Gasteiger partial charge in [-0.15, -0.1) is 0 Å². The SMILES string of the molecule is CC(C)NC(=O)c1cc2n(n1)CCN(S(=O)(=O)c1ccc3c(c1)CCC3)C2. The predicted octanol–water partition coefficient (Wildman–Crippen LogP) is 1.71. The largest absolute Gasteiger partial charge is 0.348 e. The van der Waals surface area contributed by atoms with Crippen molar-refractivity contribution in [3.05, 3.63) is 46.8 Å². The highest BCUT2D eigenvalue weighted by Crippen LogP contribution is 2.28. The van der Waals surface area contributed by atoms with E-state index in [-0.39, 0.29) is 18.5 Å². The summed E-state index contributed by atoms with van der Waals surface area (Å²) in [5.41, 5.74) is 3.47. The Morgan fingerprint density at radius 3 is 2.70 bits per heavy atom. The van der Waals surface area contributed by atoms with Crippen molar-refractivity contribution in [1.82, 2.24) is 19.4 Å². The number of carbonyl (C=O) groups excluding carboxylic acids is 1. The second-order valence-corrected chi connectivity index (χ2v) is 9.43. The summed E-state index contributed by atoms with van der Waals surface area (Å²) in [6, 6.07) is 7.19. The van der Waals surface area contributed by atoms with Gasteiger partial charge in [0.1, 0.15) is 0 Å². The lowest BCUT2D eigenvalue weighted by Gasteiger charge is -2.27. The molecule has 27 heavy (non-hydrogen) atoms. The maximum Gasteiger partial charge on any atom is 0.271 e. The molecule has 8 heteroatoms. The number of carbonyl (C=O) groups is 1. The van der Waals surface area contributed by atoms with Crippen LogP contribution >= 0.6 is 0 Å². The van der Waals surface area contributed by atoms with Crippen molar-refractivity contribution in [2.24, 2.45) is 0 Å². The summed E-state index contributed by atoms with van der Waals surface area (Å²) >= 11 is 0. The molecule has 1 aliphatic heterocycles. The zero-order valence-corrected chi connectivity index (χ0v) is 16.4. The van der Waals surface area contributed by atoms with Crippen LogP contribution in [-0.4, -0.2) is 41.0 Å². The third-order valence-corrected chi connectivity index (χ3v) is 6.96. The molecule has 0 atom stereocenters. The first-order valence-electron chi connectivity index (χ1n) is 9.34. The van der Waals surface area contributed by atoms with Gasteiger partial charge in [0.25, 0.3) is 5.91 Å². The van der Waals surface area contributed by atoms with Crippen molar-refractivity contribution in [1.29, 1.82) is 0 Å². The minimum absolute atomic E-state index is 0.0212. The lowest BCUT2D eigenvalue weighted by atomic mass is 10.1. The van der Waals surface area contributed by atoms with Gasteiger partial charge in [0, 0.05) is 12.6 Å². The number of sulfonamides is 1.